The van der Waals surface area contributed by atoms with Crippen molar-refractivity contribution in [2.45, 2.75) is 200 Å². The van der Waals surface area contributed by atoms with E-state index in [0.717, 1.165) is 51.4 Å². The van der Waals surface area contributed by atoms with Crippen LogP contribution >= 0.6 is 7.82 Å². The first-order valence-corrected chi connectivity index (χ1v) is 23.0. The molecule has 2 atom stereocenters. The number of amides is 1. The Labute approximate surface area is 324 Å². The number of esters is 1. The summed E-state index contributed by atoms with van der Waals surface area (Å²) in [7, 11) is -4.41. The number of phosphoric ester groups is 1. The van der Waals surface area contributed by atoms with Crippen molar-refractivity contribution in [3.63, 3.8) is 0 Å². The van der Waals surface area contributed by atoms with E-state index in [-0.39, 0.29) is 32.1 Å². The van der Waals surface area contributed by atoms with Crippen molar-refractivity contribution in [3.05, 3.63) is 36.5 Å². The topological polar surface area (TPSA) is 131 Å². The van der Waals surface area contributed by atoms with Gasteiger partial charge in [-0.05, 0) is 51.4 Å². The highest BCUT2D eigenvalue weighted by Gasteiger charge is 2.23. The monoisotopic (exact) mass is 770 g/mol. The van der Waals surface area contributed by atoms with Gasteiger partial charge < -0.3 is 20.1 Å². The minimum Gasteiger partial charge on any atom is -0.463 e. The molecule has 0 spiro atoms. The average molecular weight is 770 g/mol. The smallest absolute Gasteiger partial charge is 0.463 e. The van der Waals surface area contributed by atoms with Gasteiger partial charge in [-0.15, -0.1) is 0 Å². The number of ether oxygens (including phenoxy) is 1. The Morgan fingerprint density at radius 3 is 1.57 bits per heavy atom. The predicted octanol–water partition coefficient (Wildman–Crippen LogP) is 11.8. The first-order chi connectivity index (χ1) is 25.8. The molecule has 0 rings (SSSR count). The van der Waals surface area contributed by atoms with Crippen LogP contribution in [0.4, 0.5) is 0 Å². The first-order valence-electron chi connectivity index (χ1n) is 21.5. The molecule has 0 saturated heterocycles. The van der Waals surface area contributed by atoms with E-state index < -0.39 is 26.5 Å². The maximum absolute atomic E-state index is 12.1. The van der Waals surface area contributed by atoms with Gasteiger partial charge in [-0.25, -0.2) is 4.57 Å². The van der Waals surface area contributed by atoms with E-state index in [0.29, 0.717) is 6.42 Å². The Balaban J connectivity index is 3.58. The number of rotatable bonds is 40. The summed E-state index contributed by atoms with van der Waals surface area (Å²) >= 11 is 0. The fraction of sp³-hybridized carbons (Fsp3) is 0.814. The van der Waals surface area contributed by atoms with Crippen molar-refractivity contribution in [2.24, 2.45) is 0 Å². The molecule has 1 amide bonds. The van der Waals surface area contributed by atoms with E-state index in [4.69, 9.17) is 13.8 Å². The second kappa shape index (κ2) is 39.9. The number of phosphoric acid groups is 1. The summed E-state index contributed by atoms with van der Waals surface area (Å²) in [5, 5.41) is 12.7. The quantitative estimate of drug-likeness (QED) is 0.0243. The van der Waals surface area contributed by atoms with Crippen LogP contribution in [0.2, 0.25) is 0 Å². The van der Waals surface area contributed by atoms with E-state index in [2.05, 4.69) is 55.6 Å². The third-order valence-corrected chi connectivity index (χ3v) is 10.1. The minimum absolute atomic E-state index is 0.0828. The molecule has 9 nitrogen and oxygen atoms in total. The van der Waals surface area contributed by atoms with E-state index in [1.54, 1.807) is 0 Å². The van der Waals surface area contributed by atoms with E-state index >= 15 is 0 Å². The number of aliphatic hydroxyl groups is 1. The highest BCUT2D eigenvalue weighted by atomic mass is 31.2. The van der Waals surface area contributed by atoms with Crippen molar-refractivity contribution < 1.29 is 37.9 Å². The van der Waals surface area contributed by atoms with E-state index in [9.17, 15) is 24.2 Å². The van der Waals surface area contributed by atoms with Crippen LogP contribution in [-0.4, -0.2) is 54.3 Å². The van der Waals surface area contributed by atoms with E-state index in [1.807, 2.05) is 0 Å². The van der Waals surface area contributed by atoms with Crippen LogP contribution < -0.4 is 5.32 Å². The Kier molecular flexibility index (Phi) is 38.6. The molecule has 0 fully saturated rings. The molecule has 3 N–H and O–H groups in total. The number of allylic oxidation sites excluding steroid dienone is 6. The molecule has 0 aromatic carbocycles. The molecule has 0 aliphatic heterocycles. The number of nitrogens with one attached hydrogen (secondary N) is 1. The van der Waals surface area contributed by atoms with Crippen LogP contribution in [0.15, 0.2) is 36.5 Å². The molecule has 0 aromatic rings. The molecule has 0 saturated carbocycles. The maximum atomic E-state index is 12.1. The SMILES string of the molecule is CCCCC/C=C\C/C=C\C/C=C\CCCCCCCCCCCCC(=O)OCC(O)COP(=O)(O)OCCNC(=O)CCCCCCCCCCC. The summed E-state index contributed by atoms with van der Waals surface area (Å²) in [6.07, 6.45) is 43.7. The van der Waals surface area contributed by atoms with Gasteiger partial charge in [0.05, 0.1) is 13.2 Å². The summed E-state index contributed by atoms with van der Waals surface area (Å²) in [5.74, 6) is -0.521. The lowest BCUT2D eigenvalue weighted by Crippen LogP contribution is -2.27. The Bertz CT molecular complexity index is 970. The Morgan fingerprint density at radius 1 is 0.585 bits per heavy atom. The predicted molar refractivity (Wildman–Crippen MR) is 220 cm³/mol. The van der Waals surface area contributed by atoms with Crippen LogP contribution in [0, 0.1) is 0 Å². The van der Waals surface area contributed by atoms with Gasteiger partial charge in [0, 0.05) is 19.4 Å². The third kappa shape index (κ3) is 41.2. The van der Waals surface area contributed by atoms with Crippen LogP contribution in [0.3, 0.4) is 0 Å². The lowest BCUT2D eigenvalue weighted by atomic mass is 10.1. The highest BCUT2D eigenvalue weighted by molar-refractivity contribution is 7.47. The Morgan fingerprint density at radius 2 is 1.02 bits per heavy atom. The molecule has 2 unspecified atom stereocenters. The third-order valence-electron chi connectivity index (χ3n) is 9.07. The van der Waals surface area contributed by atoms with Gasteiger partial charge in [-0.2, -0.15) is 0 Å². The molecule has 10 heteroatoms. The summed E-state index contributed by atoms with van der Waals surface area (Å²) in [6.45, 7) is 3.50. The second-order valence-electron chi connectivity index (χ2n) is 14.3. The van der Waals surface area contributed by atoms with Gasteiger partial charge in [-0.1, -0.05) is 166 Å². The standard InChI is InChI=1S/C43H80NO8P/c1-3-5-7-9-11-13-14-15-16-17-18-19-20-21-22-23-24-25-26-28-30-32-34-36-43(47)50-39-41(45)40-52-53(48,49)51-38-37-44-42(46)35-33-31-29-27-12-10-8-6-4-2/h11,13,15-16,18-19,41,45H,3-10,12,14,17,20-40H2,1-2H3,(H,44,46)(H,48,49)/b13-11-,16-15-,19-18-. The van der Waals surface area contributed by atoms with Gasteiger partial charge in [0.1, 0.15) is 12.7 Å². The largest absolute Gasteiger partial charge is 0.472 e. The molecule has 0 radical (unpaired) electrons. The molecular formula is C43H80NO8P. The second-order valence-corrected chi connectivity index (χ2v) is 15.8. The zero-order chi connectivity index (χ0) is 38.9. The van der Waals surface area contributed by atoms with Crippen molar-refractivity contribution in [2.75, 3.05) is 26.4 Å². The molecule has 0 bridgehead atoms. The van der Waals surface area contributed by atoms with Crippen LogP contribution in [0.1, 0.15) is 194 Å². The van der Waals surface area contributed by atoms with Crippen molar-refractivity contribution in [1.82, 2.24) is 5.32 Å². The zero-order valence-electron chi connectivity index (χ0n) is 34.0. The lowest BCUT2D eigenvalue weighted by molar-refractivity contribution is -0.147. The van der Waals surface area contributed by atoms with Crippen molar-refractivity contribution in [1.29, 1.82) is 0 Å². The molecule has 0 aliphatic rings. The van der Waals surface area contributed by atoms with Crippen LogP contribution in [0.25, 0.3) is 0 Å². The number of unbranched alkanes of at least 4 members (excludes halogenated alkanes) is 21. The zero-order valence-corrected chi connectivity index (χ0v) is 34.9. The van der Waals surface area contributed by atoms with Crippen molar-refractivity contribution >= 4 is 19.7 Å². The summed E-state index contributed by atoms with van der Waals surface area (Å²) < 4.78 is 26.8. The van der Waals surface area contributed by atoms with Crippen LogP contribution in [0.5, 0.6) is 0 Å². The van der Waals surface area contributed by atoms with Gasteiger partial charge in [-0.3, -0.25) is 18.6 Å². The number of carbonyl (C=O) groups excluding carboxylic acids is 2. The summed E-state index contributed by atoms with van der Waals surface area (Å²) in [4.78, 5) is 33.8. The fourth-order valence-electron chi connectivity index (χ4n) is 5.80. The number of hydrogen-bond donors (Lipinski definition) is 3. The number of hydrogen-bond acceptors (Lipinski definition) is 7. The summed E-state index contributed by atoms with van der Waals surface area (Å²) in [6, 6.07) is 0. The van der Waals surface area contributed by atoms with Gasteiger partial charge in [0.25, 0.3) is 0 Å². The van der Waals surface area contributed by atoms with Crippen LogP contribution in [-0.2, 0) is 27.9 Å². The molecule has 0 aliphatic carbocycles. The first kappa shape index (κ1) is 51.2. The molecular weight excluding hydrogens is 689 g/mol. The van der Waals surface area contributed by atoms with E-state index in [1.165, 1.54) is 116 Å². The lowest BCUT2D eigenvalue weighted by Gasteiger charge is -2.15. The molecule has 310 valence electrons. The maximum Gasteiger partial charge on any atom is 0.472 e. The molecule has 53 heavy (non-hydrogen) atoms. The van der Waals surface area contributed by atoms with Crippen molar-refractivity contribution in [3.8, 4) is 0 Å². The fourth-order valence-corrected chi connectivity index (χ4v) is 6.56. The normalized spacial score (nSPS) is 13.7. The highest BCUT2D eigenvalue weighted by Crippen LogP contribution is 2.42. The number of aliphatic hydroxyl groups excluding tert-OH is 1. The number of carbonyl (C=O) groups is 2. The molecule has 0 heterocycles. The molecule has 0 aromatic heterocycles. The minimum atomic E-state index is -4.41. The Hall–Kier alpha value is -1.77. The average Bonchev–Trinajstić information content (AvgIpc) is 3.14. The van der Waals surface area contributed by atoms with Gasteiger partial charge >= 0.3 is 13.8 Å². The van der Waals surface area contributed by atoms with Gasteiger partial charge in [0.2, 0.25) is 5.91 Å². The van der Waals surface area contributed by atoms with Gasteiger partial charge in [0.15, 0.2) is 0 Å². The summed E-state index contributed by atoms with van der Waals surface area (Å²) in [5.41, 5.74) is 0.